The molecule has 6 aromatic rings. The summed E-state index contributed by atoms with van der Waals surface area (Å²) in [6, 6.07) is 21.8. The topological polar surface area (TPSA) is 128 Å². The van der Waals surface area contributed by atoms with Crippen LogP contribution in [0.5, 0.6) is 0 Å². The molecule has 0 saturated carbocycles. The number of aromatic nitrogens is 3. The Balaban J connectivity index is 1.70. The van der Waals surface area contributed by atoms with Gasteiger partial charge >= 0.3 is 5.97 Å². The number of aromatic carboxylic acids is 1. The fraction of sp³-hybridized carbons (Fsp3) is 0.0667. The second-order valence-corrected chi connectivity index (χ2v) is 13.3. The molecule has 0 radical (unpaired) electrons. The predicted octanol–water partition coefficient (Wildman–Crippen LogP) is 5.45. The zero-order valence-corrected chi connectivity index (χ0v) is 23.5. The van der Waals surface area contributed by atoms with Gasteiger partial charge in [-0.25, -0.2) is 34.6 Å². The van der Waals surface area contributed by atoms with E-state index in [2.05, 4.69) is 4.98 Å². The Labute approximate surface area is 236 Å². The van der Waals surface area contributed by atoms with Crippen molar-refractivity contribution in [2.45, 2.75) is 23.6 Å². The zero-order valence-electron chi connectivity index (χ0n) is 21.9. The Morgan fingerprint density at radius 3 is 2.00 bits per heavy atom. The van der Waals surface area contributed by atoms with Gasteiger partial charge < -0.3 is 5.11 Å². The molecule has 0 aliphatic carbocycles. The van der Waals surface area contributed by atoms with Crippen LogP contribution in [-0.2, 0) is 20.0 Å². The number of rotatable bonds is 6. The number of benzene rings is 3. The van der Waals surface area contributed by atoms with Crippen molar-refractivity contribution in [2.75, 3.05) is 0 Å². The van der Waals surface area contributed by atoms with E-state index < -0.39 is 26.0 Å². The van der Waals surface area contributed by atoms with E-state index in [1.807, 2.05) is 13.8 Å². The van der Waals surface area contributed by atoms with Crippen LogP contribution in [0, 0.1) is 13.8 Å². The Morgan fingerprint density at radius 1 is 0.780 bits per heavy atom. The first-order valence-electron chi connectivity index (χ1n) is 12.5. The first kappa shape index (κ1) is 26.5. The Morgan fingerprint density at radius 2 is 1.39 bits per heavy atom. The maximum absolute atomic E-state index is 14.1. The van der Waals surface area contributed by atoms with Gasteiger partial charge in [0, 0.05) is 28.7 Å². The zero-order chi connectivity index (χ0) is 29.1. The summed E-state index contributed by atoms with van der Waals surface area (Å²) in [6.07, 6.45) is 2.81. The summed E-state index contributed by atoms with van der Waals surface area (Å²) >= 11 is 0. The lowest BCUT2D eigenvalue weighted by Gasteiger charge is -2.11. The highest BCUT2D eigenvalue weighted by Gasteiger charge is 2.29. The van der Waals surface area contributed by atoms with Gasteiger partial charge in [-0.3, -0.25) is 0 Å². The predicted molar refractivity (Wildman–Crippen MR) is 155 cm³/mol. The lowest BCUT2D eigenvalue weighted by Crippen LogP contribution is -2.15. The highest BCUT2D eigenvalue weighted by molar-refractivity contribution is 7.90. The number of carboxylic acid groups (broad SMARTS) is 1. The highest BCUT2D eigenvalue weighted by atomic mass is 32.2. The number of carbonyl (C=O) groups is 1. The second-order valence-electron chi connectivity index (χ2n) is 9.72. The molecule has 3 heterocycles. The van der Waals surface area contributed by atoms with E-state index in [0.717, 1.165) is 19.1 Å². The molecule has 41 heavy (non-hydrogen) atoms. The number of hydrogen-bond acceptors (Lipinski definition) is 6. The van der Waals surface area contributed by atoms with Crippen LogP contribution in [0.4, 0.5) is 0 Å². The fourth-order valence-electron chi connectivity index (χ4n) is 4.82. The quantitative estimate of drug-likeness (QED) is 0.275. The number of hydrogen-bond donors (Lipinski definition) is 1. The van der Waals surface area contributed by atoms with Crippen molar-refractivity contribution in [2.24, 2.45) is 0 Å². The van der Waals surface area contributed by atoms with Crippen LogP contribution in [0.25, 0.3) is 33.2 Å². The highest BCUT2D eigenvalue weighted by Crippen LogP contribution is 2.38. The number of aryl methyl sites for hydroxylation is 2. The van der Waals surface area contributed by atoms with Crippen LogP contribution >= 0.6 is 0 Å². The van der Waals surface area contributed by atoms with Crippen LogP contribution in [0.1, 0.15) is 21.5 Å². The largest absolute Gasteiger partial charge is 0.478 e. The van der Waals surface area contributed by atoms with Gasteiger partial charge in [0.25, 0.3) is 20.0 Å². The molecule has 3 aromatic carbocycles. The lowest BCUT2D eigenvalue weighted by molar-refractivity contribution is 0.0697. The monoisotopic (exact) mass is 585 g/mol. The first-order chi connectivity index (χ1) is 19.5. The molecule has 6 rings (SSSR count). The Bertz CT molecular complexity index is 2210. The van der Waals surface area contributed by atoms with Crippen molar-refractivity contribution < 1.29 is 26.7 Å². The molecule has 9 nitrogen and oxygen atoms in total. The van der Waals surface area contributed by atoms with Crippen LogP contribution in [0.3, 0.4) is 0 Å². The van der Waals surface area contributed by atoms with Crippen LogP contribution in [0.2, 0.25) is 0 Å². The van der Waals surface area contributed by atoms with E-state index in [0.29, 0.717) is 5.39 Å². The summed E-state index contributed by atoms with van der Waals surface area (Å²) in [5, 5.41) is 10.5. The summed E-state index contributed by atoms with van der Waals surface area (Å²) in [7, 11) is -8.36. The van der Waals surface area contributed by atoms with Gasteiger partial charge in [-0.15, -0.1) is 0 Å². The molecular formula is C30H23N3O6S2. The first-order valence-corrected chi connectivity index (χ1v) is 15.4. The molecule has 0 fully saturated rings. The molecule has 11 heteroatoms. The minimum atomic E-state index is -4.22. The van der Waals surface area contributed by atoms with Gasteiger partial charge in [0.2, 0.25) is 0 Å². The fourth-order valence-corrected chi connectivity index (χ4v) is 7.67. The minimum absolute atomic E-state index is 0.0229. The van der Waals surface area contributed by atoms with Crippen molar-refractivity contribution in [3.05, 3.63) is 114 Å². The van der Waals surface area contributed by atoms with Crippen molar-refractivity contribution in [1.29, 1.82) is 0 Å². The normalized spacial score (nSPS) is 12.2. The van der Waals surface area contributed by atoms with Crippen molar-refractivity contribution in [3.8, 4) is 11.3 Å². The summed E-state index contributed by atoms with van der Waals surface area (Å²) in [4.78, 5) is 16.3. The molecule has 206 valence electrons. The molecule has 0 bridgehead atoms. The third kappa shape index (κ3) is 4.30. The Kier molecular flexibility index (Phi) is 6.09. The van der Waals surface area contributed by atoms with E-state index >= 15 is 0 Å². The molecule has 1 N–H and O–H groups in total. The summed E-state index contributed by atoms with van der Waals surface area (Å²) in [6.45, 7) is 3.69. The van der Waals surface area contributed by atoms with Gasteiger partial charge in [-0.2, -0.15) is 0 Å². The number of nitrogens with zero attached hydrogens (tertiary/aromatic N) is 3. The summed E-state index contributed by atoms with van der Waals surface area (Å²) < 4.78 is 58.0. The SMILES string of the molecule is Cc1ccc(S(=O)(=O)n2cc(-c3cc4cccnc4n3S(=O)(=O)c3ccc(C)cc3)c3cc(C(=O)O)ccc32)cc1. The molecule has 3 aromatic heterocycles. The maximum Gasteiger partial charge on any atom is 0.335 e. The van der Waals surface area contributed by atoms with E-state index in [-0.39, 0.29) is 43.2 Å². The van der Waals surface area contributed by atoms with Crippen molar-refractivity contribution >= 4 is 48.0 Å². The average molecular weight is 586 g/mol. The molecule has 0 saturated heterocycles. The van der Waals surface area contributed by atoms with E-state index in [1.54, 1.807) is 42.5 Å². The van der Waals surface area contributed by atoms with Crippen LogP contribution < -0.4 is 0 Å². The van der Waals surface area contributed by atoms with Gasteiger partial charge in [0.1, 0.15) is 0 Å². The summed E-state index contributed by atoms with van der Waals surface area (Å²) in [5.74, 6) is -1.21. The van der Waals surface area contributed by atoms with E-state index in [4.69, 9.17) is 0 Å². The molecule has 0 unspecified atom stereocenters. The van der Waals surface area contributed by atoms with Gasteiger partial charge in [0.05, 0.1) is 26.6 Å². The molecule has 0 aliphatic heterocycles. The molecular weight excluding hydrogens is 562 g/mol. The third-order valence-electron chi connectivity index (χ3n) is 6.95. The standard InChI is InChI=1S/C30H23N3O6S2/c1-19-5-10-23(11-6-19)40(36,37)32-18-26(25-16-22(30(34)35)9-14-27(25)32)28-17-21-4-3-15-31-29(21)33(28)41(38,39)24-12-7-20(2)8-13-24/h3-18H,1-2H3,(H,34,35). The molecule has 0 aliphatic rings. The van der Waals surface area contributed by atoms with Gasteiger partial charge in [-0.1, -0.05) is 35.4 Å². The van der Waals surface area contributed by atoms with Crippen LogP contribution in [-0.4, -0.2) is 40.8 Å². The number of fused-ring (bicyclic) bond motifs is 2. The average Bonchev–Trinajstić information content (AvgIpc) is 3.52. The van der Waals surface area contributed by atoms with Gasteiger partial charge in [-0.05, 0) is 74.5 Å². The maximum atomic E-state index is 14.1. The lowest BCUT2D eigenvalue weighted by atomic mass is 10.1. The number of pyridine rings is 1. The van der Waals surface area contributed by atoms with Gasteiger partial charge in [0.15, 0.2) is 5.65 Å². The summed E-state index contributed by atoms with van der Waals surface area (Å²) in [5.41, 5.74) is 2.39. The van der Waals surface area contributed by atoms with E-state index in [9.17, 15) is 26.7 Å². The van der Waals surface area contributed by atoms with E-state index in [1.165, 1.54) is 54.9 Å². The molecule has 0 amide bonds. The smallest absolute Gasteiger partial charge is 0.335 e. The Hall–Kier alpha value is -4.74. The van der Waals surface area contributed by atoms with Crippen molar-refractivity contribution in [1.82, 2.24) is 12.9 Å². The minimum Gasteiger partial charge on any atom is -0.478 e. The molecule has 0 atom stereocenters. The van der Waals surface area contributed by atoms with Crippen LogP contribution in [0.15, 0.2) is 107 Å². The van der Waals surface area contributed by atoms with Crippen molar-refractivity contribution in [3.63, 3.8) is 0 Å². The number of carboxylic acids is 1. The molecule has 0 spiro atoms. The second kappa shape index (κ2) is 9.43. The third-order valence-corrected chi connectivity index (χ3v) is 10.4.